The van der Waals surface area contributed by atoms with Gasteiger partial charge in [0.15, 0.2) is 0 Å². The van der Waals surface area contributed by atoms with Crippen LogP contribution in [0.4, 0.5) is 5.69 Å². The predicted octanol–water partition coefficient (Wildman–Crippen LogP) is 3.28. The second-order valence-electron chi connectivity index (χ2n) is 7.22. The molecule has 1 N–H and O–H groups in total. The van der Waals surface area contributed by atoms with Crippen molar-refractivity contribution in [3.05, 3.63) is 81.6 Å². The number of hydrazone groups is 1. The molecule has 0 atom stereocenters. The van der Waals surface area contributed by atoms with Gasteiger partial charge in [0.2, 0.25) is 5.82 Å². The number of benzene rings is 2. The van der Waals surface area contributed by atoms with Gasteiger partial charge in [-0.2, -0.15) is 9.90 Å². The Kier molecular flexibility index (Phi) is 6.02. The van der Waals surface area contributed by atoms with Gasteiger partial charge in [-0.25, -0.2) is 5.43 Å². The molecule has 2 aromatic heterocycles. The van der Waals surface area contributed by atoms with Crippen LogP contribution in [0.5, 0.6) is 0 Å². The van der Waals surface area contributed by atoms with Crippen LogP contribution in [0.15, 0.2) is 64.1 Å². The number of nitrogens with zero attached hydrogens (tertiary/aromatic N) is 6. The molecule has 4 rings (SSSR count). The highest BCUT2D eigenvalue weighted by Gasteiger charge is 2.19. The van der Waals surface area contributed by atoms with Crippen LogP contribution < -0.4 is 5.43 Å². The van der Waals surface area contributed by atoms with Crippen LogP contribution in [-0.4, -0.2) is 37.3 Å². The van der Waals surface area contributed by atoms with E-state index in [1.807, 2.05) is 44.2 Å². The van der Waals surface area contributed by atoms with Crippen molar-refractivity contribution >= 4 is 17.8 Å². The molecule has 0 fully saturated rings. The fourth-order valence-corrected chi connectivity index (χ4v) is 3.06. The van der Waals surface area contributed by atoms with Crippen molar-refractivity contribution in [3.8, 4) is 22.7 Å². The molecule has 4 aromatic rings. The number of furan rings is 1. The molecule has 33 heavy (non-hydrogen) atoms. The van der Waals surface area contributed by atoms with E-state index >= 15 is 0 Å². The standard InChI is InChI=1S/C22H19N7O4/c1-14-10-18(19(29(31)32)11-15(14)2)20-9-8-17(33-20)12-23-24-21(30)13-28-26-22(25-27-28)16-6-4-3-5-7-16/h3-12H,13H2,1-2H3,(H,24,30). The number of nitro groups is 1. The SMILES string of the molecule is Cc1cc(-c2ccc(C=NNC(=O)Cn3nnc(-c4ccccc4)n3)o2)c([N+](=O)[O-])cc1C. The molecule has 0 unspecified atom stereocenters. The van der Waals surface area contributed by atoms with Crippen molar-refractivity contribution in [2.75, 3.05) is 0 Å². The van der Waals surface area contributed by atoms with Gasteiger partial charge in [-0.1, -0.05) is 30.3 Å². The minimum Gasteiger partial charge on any atom is -0.455 e. The second kappa shape index (κ2) is 9.22. The molecule has 0 aliphatic rings. The van der Waals surface area contributed by atoms with Crippen molar-refractivity contribution in [2.45, 2.75) is 20.4 Å². The Morgan fingerprint density at radius 3 is 2.70 bits per heavy atom. The van der Waals surface area contributed by atoms with Crippen molar-refractivity contribution < 1.29 is 14.1 Å². The first kappa shape index (κ1) is 21.6. The van der Waals surface area contributed by atoms with Gasteiger partial charge in [0, 0.05) is 11.6 Å². The Morgan fingerprint density at radius 1 is 1.18 bits per heavy atom. The summed E-state index contributed by atoms with van der Waals surface area (Å²) in [5.41, 5.74) is 5.21. The first-order valence-corrected chi connectivity index (χ1v) is 9.91. The molecular weight excluding hydrogens is 426 g/mol. The van der Waals surface area contributed by atoms with Gasteiger partial charge in [-0.3, -0.25) is 14.9 Å². The first-order chi connectivity index (χ1) is 15.9. The van der Waals surface area contributed by atoms with Crippen LogP contribution >= 0.6 is 0 Å². The van der Waals surface area contributed by atoms with Crippen molar-refractivity contribution in [1.29, 1.82) is 0 Å². The third kappa shape index (κ3) is 4.98. The van der Waals surface area contributed by atoms with Gasteiger partial charge in [0.25, 0.3) is 11.6 Å². The van der Waals surface area contributed by atoms with Gasteiger partial charge in [-0.05, 0) is 48.4 Å². The van der Waals surface area contributed by atoms with Gasteiger partial charge in [0.05, 0.1) is 16.7 Å². The Morgan fingerprint density at radius 2 is 1.94 bits per heavy atom. The highest BCUT2D eigenvalue weighted by molar-refractivity contribution is 5.81. The minimum absolute atomic E-state index is 0.0422. The number of carbonyl (C=O) groups is 1. The molecule has 2 aromatic carbocycles. The molecule has 1 amide bonds. The van der Waals surface area contributed by atoms with E-state index in [0.29, 0.717) is 22.9 Å². The monoisotopic (exact) mass is 445 g/mol. The molecule has 0 bridgehead atoms. The van der Waals surface area contributed by atoms with Gasteiger partial charge >= 0.3 is 0 Å². The number of nitrogens with one attached hydrogen (secondary N) is 1. The topological polar surface area (TPSA) is 141 Å². The largest absolute Gasteiger partial charge is 0.455 e. The Hall–Kier alpha value is -4.67. The molecule has 11 heteroatoms. The second-order valence-corrected chi connectivity index (χ2v) is 7.22. The fraction of sp³-hybridized carbons (Fsp3) is 0.136. The summed E-state index contributed by atoms with van der Waals surface area (Å²) in [5.74, 6) is 0.608. The zero-order chi connectivity index (χ0) is 23.4. The van der Waals surface area contributed by atoms with E-state index < -0.39 is 10.8 Å². The summed E-state index contributed by atoms with van der Waals surface area (Å²) in [4.78, 5) is 24.2. The lowest BCUT2D eigenvalue weighted by Crippen LogP contribution is -2.24. The Balaban J connectivity index is 1.39. The van der Waals surface area contributed by atoms with E-state index in [1.165, 1.54) is 12.3 Å². The van der Waals surface area contributed by atoms with Crippen LogP contribution in [-0.2, 0) is 11.3 Å². The highest BCUT2D eigenvalue weighted by Crippen LogP contribution is 2.33. The molecule has 0 radical (unpaired) electrons. The molecule has 0 aliphatic heterocycles. The third-order valence-electron chi connectivity index (χ3n) is 4.85. The quantitative estimate of drug-likeness (QED) is 0.261. The minimum atomic E-state index is -0.458. The smallest absolute Gasteiger partial charge is 0.280 e. The van der Waals surface area contributed by atoms with Crippen LogP contribution in [0.3, 0.4) is 0 Å². The fourth-order valence-electron chi connectivity index (χ4n) is 3.06. The van der Waals surface area contributed by atoms with Crippen molar-refractivity contribution in [1.82, 2.24) is 25.6 Å². The van der Waals surface area contributed by atoms with Crippen LogP contribution in [0, 0.1) is 24.0 Å². The summed E-state index contributed by atoms with van der Waals surface area (Å²) < 4.78 is 5.66. The Labute approximate surface area is 187 Å². The molecule has 0 spiro atoms. The highest BCUT2D eigenvalue weighted by atomic mass is 16.6. The van der Waals surface area contributed by atoms with Crippen LogP contribution in [0.25, 0.3) is 22.7 Å². The average molecular weight is 445 g/mol. The summed E-state index contributed by atoms with van der Waals surface area (Å²) in [7, 11) is 0. The maximum Gasteiger partial charge on any atom is 0.280 e. The first-order valence-electron chi connectivity index (χ1n) is 9.91. The zero-order valence-corrected chi connectivity index (χ0v) is 17.8. The maximum atomic E-state index is 12.1. The number of hydrogen-bond acceptors (Lipinski definition) is 8. The van der Waals surface area contributed by atoms with Crippen LogP contribution in [0.1, 0.15) is 16.9 Å². The lowest BCUT2D eigenvalue weighted by molar-refractivity contribution is -0.384. The summed E-state index contributed by atoms with van der Waals surface area (Å²) >= 11 is 0. The van der Waals surface area contributed by atoms with E-state index in [2.05, 4.69) is 25.9 Å². The van der Waals surface area contributed by atoms with E-state index in [9.17, 15) is 14.9 Å². The maximum absolute atomic E-state index is 12.1. The summed E-state index contributed by atoms with van der Waals surface area (Å²) in [6.07, 6.45) is 1.30. The normalized spacial score (nSPS) is 11.1. The van der Waals surface area contributed by atoms with E-state index in [0.717, 1.165) is 21.5 Å². The summed E-state index contributed by atoms with van der Waals surface area (Å²) in [5, 5.41) is 27.2. The molecular formula is C22H19N7O4. The van der Waals surface area contributed by atoms with Gasteiger partial charge < -0.3 is 4.42 Å². The van der Waals surface area contributed by atoms with E-state index in [4.69, 9.17) is 4.42 Å². The molecule has 166 valence electrons. The number of carbonyl (C=O) groups excluding carboxylic acids is 1. The number of hydrogen-bond donors (Lipinski definition) is 1. The summed E-state index contributed by atoms with van der Waals surface area (Å²) in [6.45, 7) is 3.51. The van der Waals surface area contributed by atoms with Gasteiger partial charge in [0.1, 0.15) is 18.1 Å². The number of nitro benzene ring substituents is 1. The number of tetrazole rings is 1. The van der Waals surface area contributed by atoms with Gasteiger partial charge in [-0.15, -0.1) is 10.2 Å². The zero-order valence-electron chi connectivity index (χ0n) is 17.8. The average Bonchev–Trinajstić information content (AvgIpc) is 3.46. The number of aryl methyl sites for hydroxylation is 2. The van der Waals surface area contributed by atoms with E-state index in [1.54, 1.807) is 18.2 Å². The summed E-state index contributed by atoms with van der Waals surface area (Å²) in [6, 6.07) is 15.7. The lowest BCUT2D eigenvalue weighted by Gasteiger charge is -2.04. The molecule has 0 aliphatic carbocycles. The number of amides is 1. The molecule has 0 saturated carbocycles. The van der Waals surface area contributed by atoms with Crippen molar-refractivity contribution in [2.24, 2.45) is 5.10 Å². The Bertz CT molecular complexity index is 1340. The number of aromatic nitrogens is 4. The predicted molar refractivity (Wildman–Crippen MR) is 119 cm³/mol. The molecule has 2 heterocycles. The van der Waals surface area contributed by atoms with Crippen LogP contribution in [0.2, 0.25) is 0 Å². The number of rotatable bonds is 7. The van der Waals surface area contributed by atoms with Crippen molar-refractivity contribution in [3.63, 3.8) is 0 Å². The lowest BCUT2D eigenvalue weighted by atomic mass is 10.0. The molecule has 11 nitrogen and oxygen atoms in total. The van der Waals surface area contributed by atoms with E-state index in [-0.39, 0.29) is 12.2 Å². The third-order valence-corrected chi connectivity index (χ3v) is 4.85. The molecule has 0 saturated heterocycles.